The molecule has 0 N–H and O–H groups in total. The van der Waals surface area contributed by atoms with Gasteiger partial charge in [-0.3, -0.25) is 9.69 Å². The maximum atomic E-state index is 13.0. The molecule has 3 fully saturated rings. The third-order valence-corrected chi connectivity index (χ3v) is 6.78. The SMILES string of the molecule is CC(C)CC[C@H]1[C@H]2C[C@H](CN(C(=O)c3ccnnc3)C2)[C@@H]2CCCCN21. The largest absolute Gasteiger partial charge is 0.338 e. The summed E-state index contributed by atoms with van der Waals surface area (Å²) in [6, 6.07) is 3.14. The van der Waals surface area contributed by atoms with Crippen LogP contribution in [0.3, 0.4) is 0 Å². The smallest absolute Gasteiger partial charge is 0.255 e. The van der Waals surface area contributed by atoms with Crippen molar-refractivity contribution in [3.8, 4) is 0 Å². The lowest BCUT2D eigenvalue weighted by Crippen LogP contribution is -2.64. The Morgan fingerprint density at radius 2 is 2.08 bits per heavy atom. The Balaban J connectivity index is 1.54. The molecule has 4 heterocycles. The normalized spacial score (nSPS) is 31.7. The van der Waals surface area contributed by atoms with E-state index in [2.05, 4.69) is 33.8 Å². The van der Waals surface area contributed by atoms with E-state index in [1.807, 2.05) is 0 Å². The van der Waals surface area contributed by atoms with E-state index in [-0.39, 0.29) is 5.91 Å². The molecule has 1 aromatic heterocycles. The summed E-state index contributed by atoms with van der Waals surface area (Å²) in [6.45, 7) is 7.74. The molecular formula is C21H32N4O. The molecule has 1 aromatic rings. The maximum Gasteiger partial charge on any atom is 0.255 e. The van der Waals surface area contributed by atoms with Crippen molar-refractivity contribution in [2.75, 3.05) is 19.6 Å². The number of fused-ring (bicyclic) bond motifs is 4. The molecule has 4 rings (SSSR count). The van der Waals surface area contributed by atoms with Crippen molar-refractivity contribution in [1.82, 2.24) is 20.0 Å². The average molecular weight is 357 g/mol. The first-order chi connectivity index (χ1) is 12.6. The molecule has 3 aliphatic heterocycles. The highest BCUT2D eigenvalue weighted by Gasteiger charge is 2.47. The molecule has 3 aliphatic rings. The molecule has 3 saturated heterocycles. The van der Waals surface area contributed by atoms with Crippen LogP contribution in [-0.2, 0) is 0 Å². The van der Waals surface area contributed by atoms with Crippen molar-refractivity contribution < 1.29 is 4.79 Å². The van der Waals surface area contributed by atoms with Crippen molar-refractivity contribution in [2.45, 2.75) is 64.5 Å². The molecule has 1 amide bonds. The van der Waals surface area contributed by atoms with Gasteiger partial charge in [-0.1, -0.05) is 20.3 Å². The quantitative estimate of drug-likeness (QED) is 0.831. The van der Waals surface area contributed by atoms with Crippen LogP contribution in [0, 0.1) is 17.8 Å². The first-order valence-corrected chi connectivity index (χ1v) is 10.4. The number of likely N-dealkylation sites (tertiary alicyclic amines) is 1. The van der Waals surface area contributed by atoms with Crippen LogP contribution in [0.4, 0.5) is 0 Å². The summed E-state index contributed by atoms with van der Waals surface area (Å²) in [5.74, 6) is 2.16. The van der Waals surface area contributed by atoms with Crippen LogP contribution < -0.4 is 0 Å². The number of amides is 1. The summed E-state index contributed by atoms with van der Waals surface area (Å²) in [6.07, 6.45) is 11.1. The van der Waals surface area contributed by atoms with Gasteiger partial charge in [0.1, 0.15) is 0 Å². The zero-order chi connectivity index (χ0) is 18.1. The van der Waals surface area contributed by atoms with Crippen molar-refractivity contribution in [3.63, 3.8) is 0 Å². The number of piperidine rings is 3. The minimum absolute atomic E-state index is 0.140. The molecule has 5 heteroatoms. The Morgan fingerprint density at radius 3 is 2.85 bits per heavy atom. The summed E-state index contributed by atoms with van der Waals surface area (Å²) in [5.41, 5.74) is 0.680. The van der Waals surface area contributed by atoms with E-state index in [0.29, 0.717) is 29.5 Å². The topological polar surface area (TPSA) is 49.3 Å². The Morgan fingerprint density at radius 1 is 1.23 bits per heavy atom. The number of nitrogens with zero attached hydrogens (tertiary/aromatic N) is 4. The lowest BCUT2D eigenvalue weighted by atomic mass is 9.71. The van der Waals surface area contributed by atoms with Gasteiger partial charge in [0.15, 0.2) is 0 Å². The van der Waals surface area contributed by atoms with Gasteiger partial charge in [-0.05, 0) is 62.5 Å². The molecule has 4 atom stereocenters. The fourth-order valence-electron chi connectivity index (χ4n) is 5.58. The first kappa shape index (κ1) is 17.9. The first-order valence-electron chi connectivity index (χ1n) is 10.4. The van der Waals surface area contributed by atoms with Gasteiger partial charge in [-0.15, -0.1) is 0 Å². The number of hydrogen-bond donors (Lipinski definition) is 0. The summed E-state index contributed by atoms with van der Waals surface area (Å²) in [7, 11) is 0. The zero-order valence-corrected chi connectivity index (χ0v) is 16.2. The van der Waals surface area contributed by atoms with E-state index in [9.17, 15) is 4.79 Å². The van der Waals surface area contributed by atoms with E-state index in [4.69, 9.17) is 0 Å². The predicted octanol–water partition coefficient (Wildman–Crippen LogP) is 3.23. The highest BCUT2D eigenvalue weighted by molar-refractivity contribution is 5.93. The van der Waals surface area contributed by atoms with E-state index >= 15 is 0 Å². The van der Waals surface area contributed by atoms with Crippen LogP contribution in [-0.4, -0.2) is 57.6 Å². The minimum Gasteiger partial charge on any atom is -0.338 e. The molecule has 0 spiro atoms. The fourth-order valence-corrected chi connectivity index (χ4v) is 5.58. The second-order valence-electron chi connectivity index (χ2n) is 8.94. The van der Waals surface area contributed by atoms with Gasteiger partial charge in [0.05, 0.1) is 18.0 Å². The third kappa shape index (κ3) is 3.51. The molecule has 5 nitrogen and oxygen atoms in total. The fraction of sp³-hybridized carbons (Fsp3) is 0.762. The molecule has 0 unspecified atom stereocenters. The summed E-state index contributed by atoms with van der Waals surface area (Å²) in [4.78, 5) is 18.0. The third-order valence-electron chi connectivity index (χ3n) is 6.78. The van der Waals surface area contributed by atoms with Gasteiger partial charge in [0.2, 0.25) is 0 Å². The van der Waals surface area contributed by atoms with Crippen LogP contribution in [0.15, 0.2) is 18.5 Å². The van der Waals surface area contributed by atoms with Crippen LogP contribution in [0.2, 0.25) is 0 Å². The van der Waals surface area contributed by atoms with Crippen LogP contribution in [0.5, 0.6) is 0 Å². The predicted molar refractivity (Wildman–Crippen MR) is 102 cm³/mol. The number of carbonyl (C=O) groups is 1. The van der Waals surface area contributed by atoms with Crippen LogP contribution >= 0.6 is 0 Å². The molecule has 142 valence electrons. The van der Waals surface area contributed by atoms with Crippen molar-refractivity contribution in [3.05, 3.63) is 24.0 Å². The lowest BCUT2D eigenvalue weighted by molar-refractivity contribution is -0.0681. The highest BCUT2D eigenvalue weighted by atomic mass is 16.2. The zero-order valence-electron chi connectivity index (χ0n) is 16.2. The van der Waals surface area contributed by atoms with Gasteiger partial charge in [0.25, 0.3) is 5.91 Å². The van der Waals surface area contributed by atoms with Gasteiger partial charge in [-0.2, -0.15) is 10.2 Å². The molecule has 0 aliphatic carbocycles. The van der Waals surface area contributed by atoms with E-state index < -0.39 is 0 Å². The molecule has 0 aromatic carbocycles. The molecular weight excluding hydrogens is 324 g/mol. The second-order valence-corrected chi connectivity index (χ2v) is 8.94. The monoisotopic (exact) mass is 356 g/mol. The second kappa shape index (κ2) is 7.63. The Hall–Kier alpha value is -1.49. The van der Waals surface area contributed by atoms with Gasteiger partial charge in [0, 0.05) is 25.2 Å². The van der Waals surface area contributed by atoms with Crippen molar-refractivity contribution in [2.24, 2.45) is 17.8 Å². The highest BCUT2D eigenvalue weighted by Crippen LogP contribution is 2.43. The average Bonchev–Trinajstić information content (AvgIpc) is 2.67. The Labute approximate surface area is 157 Å². The van der Waals surface area contributed by atoms with Gasteiger partial charge >= 0.3 is 0 Å². The molecule has 0 saturated carbocycles. The van der Waals surface area contributed by atoms with Crippen LogP contribution in [0.1, 0.15) is 62.7 Å². The van der Waals surface area contributed by atoms with Crippen molar-refractivity contribution >= 4 is 5.91 Å². The Kier molecular flexibility index (Phi) is 5.25. The maximum absolute atomic E-state index is 13.0. The van der Waals surface area contributed by atoms with Crippen LogP contribution in [0.25, 0.3) is 0 Å². The number of rotatable bonds is 4. The van der Waals surface area contributed by atoms with Crippen molar-refractivity contribution in [1.29, 1.82) is 0 Å². The lowest BCUT2D eigenvalue weighted by Gasteiger charge is -2.57. The number of carbonyl (C=O) groups excluding carboxylic acids is 1. The summed E-state index contributed by atoms with van der Waals surface area (Å²) in [5, 5.41) is 7.71. The standard InChI is InChI=1S/C21H32N4O/c1-15(2)6-7-20-18-11-17(19-5-3-4-10-25(19)20)13-24(14-18)21(26)16-8-9-22-23-12-16/h8-9,12,15,17-20H,3-7,10-11,13-14H2,1-2H3/t17-,18+,19+,20+/m1/s1. The minimum atomic E-state index is 0.140. The van der Waals surface area contributed by atoms with Gasteiger partial charge in [-0.25, -0.2) is 0 Å². The molecule has 0 radical (unpaired) electrons. The Bertz CT molecular complexity index is 620. The van der Waals surface area contributed by atoms with E-state index in [1.54, 1.807) is 18.5 Å². The number of aromatic nitrogens is 2. The number of hydrogen-bond acceptors (Lipinski definition) is 4. The summed E-state index contributed by atoms with van der Waals surface area (Å²) >= 11 is 0. The molecule has 26 heavy (non-hydrogen) atoms. The summed E-state index contributed by atoms with van der Waals surface area (Å²) < 4.78 is 0. The molecule has 2 bridgehead atoms. The van der Waals surface area contributed by atoms with Gasteiger partial charge < -0.3 is 4.90 Å². The van der Waals surface area contributed by atoms with E-state index in [0.717, 1.165) is 19.0 Å². The van der Waals surface area contributed by atoms with E-state index in [1.165, 1.54) is 45.1 Å².